The van der Waals surface area contributed by atoms with Crippen LogP contribution >= 0.6 is 11.3 Å². The largest absolute Gasteiger partial charge is 0.573 e. The molecular formula is C23H20F6N4O4S. The standard InChI is InChI=1S/C23H20F6N4O4S/c1-30-18-9-13(8-12-2-4-15(5-3-12)37-23(27,28)29)6-7-32(18)21-31-20(34)16-10-14(22(24,25)26)11-17(33(35)36)19(16)38-21/h2-5,10-11,13,18,30H,6-9H2,1H3. The lowest BCUT2D eigenvalue weighted by Gasteiger charge is -2.39. The van der Waals surface area contributed by atoms with Gasteiger partial charge in [0.1, 0.15) is 10.4 Å². The van der Waals surface area contributed by atoms with Gasteiger partial charge in [-0.05, 0) is 56.0 Å². The Kier molecular flexibility index (Phi) is 7.52. The van der Waals surface area contributed by atoms with Crippen molar-refractivity contribution in [3.8, 4) is 5.75 Å². The van der Waals surface area contributed by atoms with Crippen LogP contribution in [-0.2, 0) is 12.6 Å². The van der Waals surface area contributed by atoms with Crippen LogP contribution in [0.3, 0.4) is 0 Å². The highest BCUT2D eigenvalue weighted by Crippen LogP contribution is 2.39. The van der Waals surface area contributed by atoms with Gasteiger partial charge >= 0.3 is 12.5 Å². The van der Waals surface area contributed by atoms with Crippen molar-refractivity contribution in [3.63, 3.8) is 0 Å². The number of piperidine rings is 1. The molecule has 1 fully saturated rings. The second-order valence-electron chi connectivity index (χ2n) is 8.71. The fraction of sp³-hybridized carbons (Fsp3) is 0.391. The summed E-state index contributed by atoms with van der Waals surface area (Å²) < 4.78 is 80.5. The van der Waals surface area contributed by atoms with E-state index in [4.69, 9.17) is 0 Å². The molecule has 15 heteroatoms. The number of halogens is 6. The van der Waals surface area contributed by atoms with Crippen molar-refractivity contribution in [1.29, 1.82) is 0 Å². The van der Waals surface area contributed by atoms with E-state index in [0.29, 0.717) is 37.9 Å². The van der Waals surface area contributed by atoms with Crippen LogP contribution in [0.1, 0.15) is 24.0 Å². The third-order valence-corrected chi connectivity index (χ3v) is 7.33. The van der Waals surface area contributed by atoms with Crippen LogP contribution in [0.4, 0.5) is 37.2 Å². The fourth-order valence-corrected chi connectivity index (χ4v) is 5.59. The summed E-state index contributed by atoms with van der Waals surface area (Å²) in [6.45, 7) is 0.383. The van der Waals surface area contributed by atoms with Crippen LogP contribution < -0.4 is 20.5 Å². The van der Waals surface area contributed by atoms with Crippen LogP contribution in [0.2, 0.25) is 0 Å². The van der Waals surface area contributed by atoms with Gasteiger partial charge in [-0.15, -0.1) is 13.2 Å². The van der Waals surface area contributed by atoms with Gasteiger partial charge in [0.05, 0.1) is 22.0 Å². The highest BCUT2D eigenvalue weighted by molar-refractivity contribution is 7.22. The molecule has 0 bridgehead atoms. The number of nitrogens with zero attached hydrogens (tertiary/aromatic N) is 3. The van der Waals surface area contributed by atoms with Crippen molar-refractivity contribution in [3.05, 3.63) is 68.0 Å². The number of hydrogen-bond donors (Lipinski definition) is 1. The monoisotopic (exact) mass is 562 g/mol. The predicted octanol–water partition coefficient (Wildman–Crippen LogP) is 5.49. The summed E-state index contributed by atoms with van der Waals surface area (Å²) in [4.78, 5) is 29.0. The van der Waals surface area contributed by atoms with E-state index < -0.39 is 39.7 Å². The maximum Gasteiger partial charge on any atom is 0.573 e. The van der Waals surface area contributed by atoms with E-state index in [1.165, 1.54) is 12.1 Å². The zero-order valence-corrected chi connectivity index (χ0v) is 20.4. The number of non-ortho nitro benzene ring substituents is 1. The van der Waals surface area contributed by atoms with Crippen molar-refractivity contribution < 1.29 is 36.0 Å². The Morgan fingerprint density at radius 1 is 1.18 bits per heavy atom. The van der Waals surface area contributed by atoms with Gasteiger partial charge in [0.2, 0.25) is 0 Å². The minimum atomic E-state index is -4.88. The Balaban J connectivity index is 1.57. The number of nitro benzene ring substituents is 1. The molecule has 1 saturated heterocycles. The van der Waals surface area contributed by atoms with Crippen LogP contribution in [0, 0.1) is 16.0 Å². The highest BCUT2D eigenvalue weighted by atomic mass is 32.1. The first-order valence-corrected chi connectivity index (χ1v) is 12.1. The molecule has 0 amide bonds. The van der Waals surface area contributed by atoms with Gasteiger partial charge in [-0.25, -0.2) is 0 Å². The highest BCUT2D eigenvalue weighted by Gasteiger charge is 2.35. The molecule has 0 radical (unpaired) electrons. The molecule has 1 aliphatic rings. The van der Waals surface area contributed by atoms with Gasteiger partial charge in [0.25, 0.3) is 11.2 Å². The summed E-state index contributed by atoms with van der Waals surface area (Å²) in [5.74, 6) is -0.211. The van der Waals surface area contributed by atoms with E-state index in [1.54, 1.807) is 24.1 Å². The molecule has 2 heterocycles. The van der Waals surface area contributed by atoms with Crippen LogP contribution in [0.15, 0.2) is 41.2 Å². The van der Waals surface area contributed by atoms with Crippen molar-refractivity contribution in [2.24, 2.45) is 5.92 Å². The Morgan fingerprint density at radius 3 is 2.45 bits per heavy atom. The molecule has 3 aromatic rings. The maximum absolute atomic E-state index is 13.2. The van der Waals surface area contributed by atoms with E-state index in [-0.39, 0.29) is 27.7 Å². The number of aromatic nitrogens is 1. The number of hydrogen-bond acceptors (Lipinski definition) is 8. The smallest absolute Gasteiger partial charge is 0.406 e. The lowest BCUT2D eigenvalue weighted by molar-refractivity contribution is -0.383. The van der Waals surface area contributed by atoms with Gasteiger partial charge in [0, 0.05) is 12.6 Å². The third kappa shape index (κ3) is 6.15. The summed E-state index contributed by atoms with van der Waals surface area (Å²) >= 11 is 0.772. The molecule has 4 rings (SSSR count). The second kappa shape index (κ2) is 10.4. The summed E-state index contributed by atoms with van der Waals surface area (Å²) in [6, 6.07) is 6.56. The number of benzene rings is 2. The average molecular weight is 562 g/mol. The second-order valence-corrected chi connectivity index (χ2v) is 9.69. The van der Waals surface area contributed by atoms with Crippen LogP contribution in [-0.4, -0.2) is 36.0 Å². The average Bonchev–Trinajstić information content (AvgIpc) is 2.83. The normalized spacial score (nSPS) is 18.6. The lowest BCUT2D eigenvalue weighted by Crippen LogP contribution is -2.50. The molecular weight excluding hydrogens is 542 g/mol. The fourth-order valence-electron chi connectivity index (χ4n) is 4.45. The Labute approximate surface area is 215 Å². The number of anilines is 1. The quantitative estimate of drug-likeness (QED) is 0.241. The predicted molar refractivity (Wildman–Crippen MR) is 127 cm³/mol. The number of alkyl halides is 6. The molecule has 2 unspecified atom stereocenters. The first kappa shape index (κ1) is 27.6. The van der Waals surface area contributed by atoms with Gasteiger partial charge in [-0.2, -0.15) is 18.2 Å². The first-order valence-electron chi connectivity index (χ1n) is 11.2. The number of fused-ring (bicyclic) bond motifs is 1. The van der Waals surface area contributed by atoms with Gasteiger partial charge in [-0.3, -0.25) is 14.9 Å². The zero-order chi connectivity index (χ0) is 27.8. The van der Waals surface area contributed by atoms with E-state index in [0.717, 1.165) is 16.9 Å². The molecule has 2 aromatic carbocycles. The molecule has 38 heavy (non-hydrogen) atoms. The SMILES string of the molecule is CNC1CC(Cc2ccc(OC(F)(F)F)cc2)CCN1c1nc(=O)c2cc(C(F)(F)F)cc([N+](=O)[O-])c2s1. The van der Waals surface area contributed by atoms with Crippen LogP contribution in [0.5, 0.6) is 5.75 Å². The van der Waals surface area contributed by atoms with Gasteiger partial charge < -0.3 is 15.0 Å². The lowest BCUT2D eigenvalue weighted by atomic mass is 9.88. The van der Waals surface area contributed by atoms with Crippen molar-refractivity contribution in [2.45, 2.75) is 38.0 Å². The zero-order valence-electron chi connectivity index (χ0n) is 19.6. The molecule has 0 saturated carbocycles. The molecule has 1 N–H and O–H groups in total. The number of nitrogens with one attached hydrogen (secondary N) is 1. The minimum absolute atomic E-state index is 0.110. The summed E-state index contributed by atoms with van der Waals surface area (Å²) in [5.41, 5.74) is -2.32. The van der Waals surface area contributed by atoms with E-state index in [2.05, 4.69) is 15.0 Å². The Hall–Kier alpha value is -3.46. The third-order valence-electron chi connectivity index (χ3n) is 6.19. The minimum Gasteiger partial charge on any atom is -0.406 e. The topological polar surface area (TPSA) is 97.6 Å². The Morgan fingerprint density at radius 2 is 1.87 bits per heavy atom. The Bertz CT molecular complexity index is 1390. The number of ether oxygens (including phenoxy) is 1. The van der Waals surface area contributed by atoms with Crippen LogP contribution in [0.25, 0.3) is 10.1 Å². The van der Waals surface area contributed by atoms with Crippen molar-refractivity contribution in [2.75, 3.05) is 18.5 Å². The molecule has 1 aromatic heterocycles. The number of rotatable bonds is 6. The van der Waals surface area contributed by atoms with Crippen molar-refractivity contribution in [1.82, 2.24) is 10.3 Å². The molecule has 8 nitrogen and oxygen atoms in total. The molecule has 204 valence electrons. The molecule has 1 aliphatic heterocycles. The molecule has 0 spiro atoms. The molecule has 2 atom stereocenters. The van der Waals surface area contributed by atoms with Crippen molar-refractivity contribution >= 4 is 32.2 Å². The van der Waals surface area contributed by atoms with E-state index in [1.807, 2.05) is 0 Å². The molecule has 0 aliphatic carbocycles. The summed E-state index contributed by atoms with van der Waals surface area (Å²) in [7, 11) is 1.67. The summed E-state index contributed by atoms with van der Waals surface area (Å²) in [5, 5.41) is 14.3. The number of nitro groups is 1. The van der Waals surface area contributed by atoms with E-state index in [9.17, 15) is 41.3 Å². The van der Waals surface area contributed by atoms with Gasteiger partial charge in [-0.1, -0.05) is 23.5 Å². The summed E-state index contributed by atoms with van der Waals surface area (Å²) in [6.07, 6.45) is -8.29. The van der Waals surface area contributed by atoms with E-state index >= 15 is 0 Å². The van der Waals surface area contributed by atoms with Gasteiger partial charge in [0.15, 0.2) is 5.13 Å². The maximum atomic E-state index is 13.2. The first-order chi connectivity index (χ1) is 17.7.